The largest absolute Gasteiger partial charge is 0.482 e. The van der Waals surface area contributed by atoms with E-state index in [2.05, 4.69) is 11.9 Å². The van der Waals surface area contributed by atoms with Crippen molar-refractivity contribution < 1.29 is 19.4 Å². The quantitative estimate of drug-likeness (QED) is 0.870. The van der Waals surface area contributed by atoms with Gasteiger partial charge in [0.2, 0.25) is 0 Å². The highest BCUT2D eigenvalue weighted by Crippen LogP contribution is 2.36. The van der Waals surface area contributed by atoms with Crippen LogP contribution in [0.25, 0.3) is 11.3 Å². The number of benzene rings is 1. The van der Waals surface area contributed by atoms with Gasteiger partial charge in [-0.1, -0.05) is 6.92 Å². The van der Waals surface area contributed by atoms with E-state index in [0.717, 1.165) is 29.1 Å². The number of aliphatic carboxylic acids is 1. The molecule has 0 aliphatic carbocycles. The Labute approximate surface area is 143 Å². The first-order valence-electron chi connectivity index (χ1n) is 7.82. The lowest BCUT2D eigenvalue weighted by Gasteiger charge is -2.29. The highest BCUT2D eigenvalue weighted by atomic mass is 32.1. The van der Waals surface area contributed by atoms with Crippen LogP contribution in [0.15, 0.2) is 23.6 Å². The maximum absolute atomic E-state index is 12.1. The van der Waals surface area contributed by atoms with Crippen LogP contribution >= 0.6 is 11.3 Å². The summed E-state index contributed by atoms with van der Waals surface area (Å²) < 4.78 is 5.45. The molecule has 1 aliphatic rings. The first-order chi connectivity index (χ1) is 11.6. The van der Waals surface area contributed by atoms with Crippen molar-refractivity contribution in [1.82, 2.24) is 4.98 Å². The molecule has 2 aromatic rings. The predicted octanol–water partition coefficient (Wildman–Crippen LogP) is 2.96. The number of thiazole rings is 1. The Bertz CT molecular complexity index is 772. The average molecular weight is 346 g/mol. The lowest BCUT2D eigenvalue weighted by Crippen LogP contribution is -2.40. The summed E-state index contributed by atoms with van der Waals surface area (Å²) in [4.78, 5) is 29.0. The van der Waals surface area contributed by atoms with Crippen LogP contribution in [-0.2, 0) is 16.0 Å². The number of nitrogens with zero attached hydrogens (tertiary/aromatic N) is 2. The van der Waals surface area contributed by atoms with Gasteiger partial charge in [0.25, 0.3) is 5.91 Å². The van der Waals surface area contributed by atoms with Crippen LogP contribution in [0.4, 0.5) is 5.69 Å². The van der Waals surface area contributed by atoms with Crippen LogP contribution in [0.1, 0.15) is 24.8 Å². The van der Waals surface area contributed by atoms with E-state index in [1.807, 2.05) is 23.6 Å². The van der Waals surface area contributed by atoms with E-state index in [9.17, 15) is 9.59 Å². The molecule has 6 nitrogen and oxygen atoms in total. The second-order valence-electron chi connectivity index (χ2n) is 5.54. The minimum absolute atomic E-state index is 0.0662. The summed E-state index contributed by atoms with van der Waals surface area (Å²) in [7, 11) is 0. The molecule has 2 heterocycles. The van der Waals surface area contributed by atoms with Crippen LogP contribution < -0.4 is 9.64 Å². The van der Waals surface area contributed by atoms with Crippen molar-refractivity contribution in [3.8, 4) is 17.0 Å². The molecule has 0 spiro atoms. The van der Waals surface area contributed by atoms with Crippen molar-refractivity contribution in [1.29, 1.82) is 0 Å². The van der Waals surface area contributed by atoms with Crippen LogP contribution in [0.2, 0.25) is 0 Å². The molecule has 0 unspecified atom stereocenters. The third-order valence-electron chi connectivity index (χ3n) is 3.76. The maximum atomic E-state index is 12.1. The van der Waals surface area contributed by atoms with Crippen LogP contribution in [0, 0.1) is 0 Å². The topological polar surface area (TPSA) is 79.7 Å². The summed E-state index contributed by atoms with van der Waals surface area (Å²) in [6.07, 6.45) is 1.89. The number of carboxylic acids is 1. The Morgan fingerprint density at radius 3 is 3.04 bits per heavy atom. The van der Waals surface area contributed by atoms with Gasteiger partial charge in [0.05, 0.1) is 22.8 Å². The minimum atomic E-state index is -0.935. The van der Waals surface area contributed by atoms with Gasteiger partial charge in [-0.05, 0) is 31.0 Å². The van der Waals surface area contributed by atoms with Gasteiger partial charge < -0.3 is 14.7 Å². The first kappa shape index (κ1) is 16.4. The molecule has 0 atom stereocenters. The van der Waals surface area contributed by atoms with E-state index < -0.39 is 5.97 Å². The highest BCUT2D eigenvalue weighted by molar-refractivity contribution is 7.09. The summed E-state index contributed by atoms with van der Waals surface area (Å²) in [6.45, 7) is 2.18. The zero-order valence-electron chi connectivity index (χ0n) is 13.3. The lowest BCUT2D eigenvalue weighted by molar-refractivity contribution is -0.136. The number of amides is 1. The number of carbonyl (C=O) groups excluding carboxylic acids is 1. The molecule has 1 aromatic carbocycles. The standard InChI is InChI=1S/C17H18N2O4S/c1-2-3-15-18-12(10-24-15)11-4-5-14-13(8-11)19(7-6-17(21)22)16(20)9-23-14/h4-5,8,10H,2-3,6-7,9H2,1H3,(H,21,22). The Kier molecular flexibility index (Phi) is 4.80. The van der Waals surface area contributed by atoms with Crippen LogP contribution in [-0.4, -0.2) is 35.1 Å². The number of carbonyl (C=O) groups is 2. The van der Waals surface area contributed by atoms with Crippen molar-refractivity contribution in [2.75, 3.05) is 18.1 Å². The lowest BCUT2D eigenvalue weighted by atomic mass is 10.1. The third kappa shape index (κ3) is 3.41. The molecule has 0 saturated heterocycles. The van der Waals surface area contributed by atoms with E-state index in [1.54, 1.807) is 11.3 Å². The normalized spacial score (nSPS) is 13.5. The van der Waals surface area contributed by atoms with Gasteiger partial charge in [0, 0.05) is 17.5 Å². The summed E-state index contributed by atoms with van der Waals surface area (Å²) in [5.74, 6) is -0.575. The van der Waals surface area contributed by atoms with E-state index in [-0.39, 0.29) is 25.5 Å². The summed E-state index contributed by atoms with van der Waals surface area (Å²) in [5, 5.41) is 12.0. The fourth-order valence-corrected chi connectivity index (χ4v) is 3.50. The molecular weight excluding hydrogens is 328 g/mol. The van der Waals surface area contributed by atoms with E-state index in [1.165, 1.54) is 4.90 Å². The number of hydrogen-bond acceptors (Lipinski definition) is 5. The van der Waals surface area contributed by atoms with Crippen molar-refractivity contribution in [2.45, 2.75) is 26.2 Å². The smallest absolute Gasteiger partial charge is 0.305 e. The van der Waals surface area contributed by atoms with Crippen LogP contribution in [0.5, 0.6) is 5.75 Å². The third-order valence-corrected chi connectivity index (χ3v) is 4.67. The molecule has 1 N–H and O–H groups in total. The van der Waals surface area contributed by atoms with Gasteiger partial charge in [0.15, 0.2) is 6.61 Å². The SMILES string of the molecule is CCCc1nc(-c2ccc3c(c2)N(CCC(=O)O)C(=O)CO3)cs1. The Hall–Kier alpha value is -2.41. The van der Waals surface area contributed by atoms with Crippen molar-refractivity contribution in [3.63, 3.8) is 0 Å². The van der Waals surface area contributed by atoms with Gasteiger partial charge in [0.1, 0.15) is 5.75 Å². The number of aryl methyl sites for hydroxylation is 1. The van der Waals surface area contributed by atoms with E-state index >= 15 is 0 Å². The summed E-state index contributed by atoms with van der Waals surface area (Å²) >= 11 is 1.62. The Morgan fingerprint density at radius 2 is 2.29 bits per heavy atom. The minimum Gasteiger partial charge on any atom is -0.482 e. The highest BCUT2D eigenvalue weighted by Gasteiger charge is 2.26. The van der Waals surface area contributed by atoms with Gasteiger partial charge >= 0.3 is 5.97 Å². The second kappa shape index (κ2) is 7.00. The fraction of sp³-hybridized carbons (Fsp3) is 0.353. The van der Waals surface area contributed by atoms with Gasteiger partial charge in [-0.3, -0.25) is 9.59 Å². The second-order valence-corrected chi connectivity index (χ2v) is 6.48. The Balaban J connectivity index is 1.92. The number of anilines is 1. The number of hydrogen-bond donors (Lipinski definition) is 1. The molecule has 7 heteroatoms. The van der Waals surface area contributed by atoms with Crippen LogP contribution in [0.3, 0.4) is 0 Å². The van der Waals surface area contributed by atoms with E-state index in [4.69, 9.17) is 9.84 Å². The molecular formula is C17H18N2O4S. The number of carboxylic acid groups (broad SMARTS) is 1. The number of rotatable bonds is 6. The molecule has 126 valence electrons. The zero-order chi connectivity index (χ0) is 17.1. The average Bonchev–Trinajstić information content (AvgIpc) is 3.02. The predicted molar refractivity (Wildman–Crippen MR) is 91.6 cm³/mol. The van der Waals surface area contributed by atoms with Crippen molar-refractivity contribution >= 4 is 28.9 Å². The molecule has 1 aliphatic heterocycles. The molecule has 1 amide bonds. The first-order valence-corrected chi connectivity index (χ1v) is 8.70. The summed E-state index contributed by atoms with van der Waals surface area (Å²) in [6, 6.07) is 5.57. The zero-order valence-corrected chi connectivity index (χ0v) is 14.1. The molecule has 0 saturated carbocycles. The van der Waals surface area contributed by atoms with Crippen molar-refractivity contribution in [2.24, 2.45) is 0 Å². The molecule has 0 radical (unpaired) electrons. The molecule has 1 aromatic heterocycles. The molecule has 3 rings (SSSR count). The van der Waals surface area contributed by atoms with E-state index in [0.29, 0.717) is 11.4 Å². The fourth-order valence-electron chi connectivity index (χ4n) is 2.59. The Morgan fingerprint density at radius 1 is 1.46 bits per heavy atom. The molecule has 0 bridgehead atoms. The number of ether oxygens (including phenoxy) is 1. The monoisotopic (exact) mass is 346 g/mol. The van der Waals surface area contributed by atoms with Gasteiger partial charge in [-0.25, -0.2) is 4.98 Å². The summed E-state index contributed by atoms with van der Waals surface area (Å²) in [5.41, 5.74) is 2.36. The maximum Gasteiger partial charge on any atom is 0.305 e. The van der Waals surface area contributed by atoms with Gasteiger partial charge in [-0.15, -0.1) is 11.3 Å². The molecule has 0 fully saturated rings. The van der Waals surface area contributed by atoms with Crippen molar-refractivity contribution in [3.05, 3.63) is 28.6 Å². The molecule has 24 heavy (non-hydrogen) atoms. The van der Waals surface area contributed by atoms with Gasteiger partial charge in [-0.2, -0.15) is 0 Å². The number of fused-ring (bicyclic) bond motifs is 1. The number of aromatic nitrogens is 1.